The number of carbonyl (C=O) groups excluding carboxylic acids is 1. The van der Waals surface area contributed by atoms with Crippen molar-refractivity contribution in [2.75, 3.05) is 13.6 Å². The van der Waals surface area contributed by atoms with Gasteiger partial charge in [0.1, 0.15) is 5.60 Å². The van der Waals surface area contributed by atoms with E-state index in [1.165, 1.54) is 6.42 Å². The lowest BCUT2D eigenvalue weighted by molar-refractivity contribution is 0.0234. The van der Waals surface area contributed by atoms with Crippen molar-refractivity contribution in [1.82, 2.24) is 10.6 Å². The molecule has 1 saturated heterocycles. The quantitative estimate of drug-likeness (QED) is 0.668. The minimum atomic E-state index is -0.682. The number of ether oxygens (including phenoxy) is 1. The minimum absolute atomic E-state index is 0.471. The Balaban J connectivity index is 1.98. The first-order valence-electron chi connectivity index (χ1n) is 6.32. The Morgan fingerprint density at radius 3 is 2.82 bits per heavy atom. The Labute approximate surface area is 102 Å². The summed E-state index contributed by atoms with van der Waals surface area (Å²) in [6, 6.07) is 1.05. The monoisotopic (exact) mass is 241 g/mol. The summed E-state index contributed by atoms with van der Waals surface area (Å²) in [7, 11) is 2.01. The summed E-state index contributed by atoms with van der Waals surface area (Å²) in [4.78, 5) is 10.9. The van der Waals surface area contributed by atoms with Crippen LogP contribution in [0.5, 0.6) is 0 Å². The first-order valence-corrected chi connectivity index (χ1v) is 6.32. The van der Waals surface area contributed by atoms with Crippen LogP contribution in [0.25, 0.3) is 0 Å². The Morgan fingerprint density at radius 1 is 1.59 bits per heavy atom. The van der Waals surface area contributed by atoms with Crippen molar-refractivity contribution in [2.24, 2.45) is 17.6 Å². The van der Waals surface area contributed by atoms with Crippen LogP contribution in [0.1, 0.15) is 26.7 Å². The number of piperidine rings is 1. The number of hydrogen-bond donors (Lipinski definition) is 3. The molecule has 1 aliphatic heterocycles. The number of hydrogen-bond acceptors (Lipinski definition) is 4. The maximum absolute atomic E-state index is 10.9. The van der Waals surface area contributed by atoms with Crippen molar-refractivity contribution >= 4 is 6.09 Å². The van der Waals surface area contributed by atoms with Gasteiger partial charge in [0.05, 0.1) is 0 Å². The third-order valence-electron chi connectivity index (χ3n) is 4.15. The molecule has 1 heterocycles. The van der Waals surface area contributed by atoms with Gasteiger partial charge in [-0.3, -0.25) is 0 Å². The van der Waals surface area contributed by atoms with Gasteiger partial charge in [0.15, 0.2) is 0 Å². The molecular formula is C12H23N3O2. The van der Waals surface area contributed by atoms with Gasteiger partial charge >= 0.3 is 6.09 Å². The SMILES string of the molecule is CNC1CC2CNC1C2CC(C)(C)OC(N)=O. The number of rotatable bonds is 4. The van der Waals surface area contributed by atoms with E-state index in [9.17, 15) is 4.79 Å². The predicted octanol–water partition coefficient (Wildman–Crippen LogP) is 0.446. The van der Waals surface area contributed by atoms with Crippen molar-refractivity contribution in [2.45, 2.75) is 44.4 Å². The first-order chi connectivity index (χ1) is 7.93. The smallest absolute Gasteiger partial charge is 0.405 e. The Morgan fingerprint density at radius 2 is 2.29 bits per heavy atom. The van der Waals surface area contributed by atoms with Crippen LogP contribution in [0.4, 0.5) is 4.79 Å². The molecule has 4 N–H and O–H groups in total. The molecule has 98 valence electrons. The molecule has 2 bridgehead atoms. The molecule has 0 aromatic rings. The van der Waals surface area contributed by atoms with E-state index in [0.717, 1.165) is 13.0 Å². The van der Waals surface area contributed by atoms with E-state index in [1.54, 1.807) is 0 Å². The topological polar surface area (TPSA) is 76.4 Å². The molecule has 2 fully saturated rings. The van der Waals surface area contributed by atoms with E-state index < -0.39 is 11.7 Å². The largest absolute Gasteiger partial charge is 0.444 e. The molecule has 1 aliphatic carbocycles. The molecule has 2 rings (SSSR count). The van der Waals surface area contributed by atoms with Gasteiger partial charge in [-0.05, 0) is 52.1 Å². The zero-order chi connectivity index (χ0) is 12.6. The number of fused-ring (bicyclic) bond motifs is 2. The molecule has 5 heteroatoms. The molecule has 0 aromatic carbocycles. The molecule has 4 unspecified atom stereocenters. The second-order valence-corrected chi connectivity index (χ2v) is 5.87. The van der Waals surface area contributed by atoms with Crippen LogP contribution in [0.3, 0.4) is 0 Å². The molecule has 1 amide bonds. The molecule has 0 spiro atoms. The van der Waals surface area contributed by atoms with Crippen LogP contribution in [-0.4, -0.2) is 37.4 Å². The number of carbonyl (C=O) groups is 1. The fraction of sp³-hybridized carbons (Fsp3) is 0.917. The van der Waals surface area contributed by atoms with Crippen molar-refractivity contribution in [3.8, 4) is 0 Å². The normalized spacial score (nSPS) is 36.2. The lowest BCUT2D eigenvalue weighted by atomic mass is 9.86. The van der Waals surface area contributed by atoms with Gasteiger partial charge in [-0.2, -0.15) is 0 Å². The molecular weight excluding hydrogens is 218 g/mol. The highest BCUT2D eigenvalue weighted by Gasteiger charge is 2.49. The summed E-state index contributed by atoms with van der Waals surface area (Å²) < 4.78 is 5.18. The van der Waals surface area contributed by atoms with Gasteiger partial charge in [0.25, 0.3) is 0 Å². The van der Waals surface area contributed by atoms with Crippen molar-refractivity contribution < 1.29 is 9.53 Å². The third kappa shape index (κ3) is 2.55. The van der Waals surface area contributed by atoms with Crippen LogP contribution in [0.2, 0.25) is 0 Å². The zero-order valence-corrected chi connectivity index (χ0v) is 10.8. The Hall–Kier alpha value is -0.810. The van der Waals surface area contributed by atoms with Crippen LogP contribution < -0.4 is 16.4 Å². The lowest BCUT2D eigenvalue weighted by Crippen LogP contribution is -2.46. The Bertz CT molecular complexity index is 306. The standard InChI is InChI=1S/C12H23N3O2/c1-12(2,17-11(13)16)5-8-7-4-9(14-3)10(8)15-6-7/h7-10,14-15H,4-6H2,1-3H3,(H2,13,16). The second kappa shape index (κ2) is 4.46. The zero-order valence-electron chi connectivity index (χ0n) is 10.8. The fourth-order valence-electron chi connectivity index (χ4n) is 3.53. The number of primary amides is 1. The highest BCUT2D eigenvalue weighted by Crippen LogP contribution is 2.42. The van der Waals surface area contributed by atoms with E-state index in [2.05, 4.69) is 10.6 Å². The minimum Gasteiger partial charge on any atom is -0.444 e. The van der Waals surface area contributed by atoms with Crippen molar-refractivity contribution in [3.63, 3.8) is 0 Å². The van der Waals surface area contributed by atoms with E-state index in [4.69, 9.17) is 10.5 Å². The van der Waals surface area contributed by atoms with Crippen molar-refractivity contribution in [3.05, 3.63) is 0 Å². The van der Waals surface area contributed by atoms with Crippen LogP contribution in [0.15, 0.2) is 0 Å². The molecule has 1 saturated carbocycles. The average molecular weight is 241 g/mol. The van der Waals surface area contributed by atoms with E-state index in [0.29, 0.717) is 23.9 Å². The summed E-state index contributed by atoms with van der Waals surface area (Å²) in [5.74, 6) is 1.26. The summed E-state index contributed by atoms with van der Waals surface area (Å²) in [6.45, 7) is 4.95. The van der Waals surface area contributed by atoms with Gasteiger partial charge in [-0.15, -0.1) is 0 Å². The molecule has 17 heavy (non-hydrogen) atoms. The van der Waals surface area contributed by atoms with Crippen molar-refractivity contribution in [1.29, 1.82) is 0 Å². The van der Waals surface area contributed by atoms with E-state index in [-0.39, 0.29) is 0 Å². The molecule has 4 atom stereocenters. The third-order valence-corrected chi connectivity index (χ3v) is 4.15. The van der Waals surface area contributed by atoms with Gasteiger partial charge < -0.3 is 21.1 Å². The summed E-state index contributed by atoms with van der Waals surface area (Å²) in [6.07, 6.45) is 1.40. The van der Waals surface area contributed by atoms with Crippen LogP contribution >= 0.6 is 0 Å². The molecule has 0 aromatic heterocycles. The lowest BCUT2D eigenvalue weighted by Gasteiger charge is -2.29. The molecule has 5 nitrogen and oxygen atoms in total. The number of nitrogens with two attached hydrogens (primary N) is 1. The van der Waals surface area contributed by atoms with Gasteiger partial charge in [0, 0.05) is 12.1 Å². The summed E-state index contributed by atoms with van der Waals surface area (Å²) in [5.41, 5.74) is 4.63. The van der Waals surface area contributed by atoms with Gasteiger partial charge in [0.2, 0.25) is 0 Å². The first kappa shape index (κ1) is 12.6. The number of amides is 1. The van der Waals surface area contributed by atoms with E-state index >= 15 is 0 Å². The number of likely N-dealkylation sites (N-methyl/N-ethyl adjacent to an activating group) is 1. The Kier molecular flexibility index (Phi) is 3.32. The summed E-state index contributed by atoms with van der Waals surface area (Å²) >= 11 is 0. The van der Waals surface area contributed by atoms with E-state index in [1.807, 2.05) is 20.9 Å². The average Bonchev–Trinajstić information content (AvgIpc) is 2.72. The summed E-state index contributed by atoms with van der Waals surface area (Å²) in [5, 5.41) is 6.91. The van der Waals surface area contributed by atoms with Crippen LogP contribution in [-0.2, 0) is 4.74 Å². The molecule has 2 aliphatic rings. The molecule has 0 radical (unpaired) electrons. The number of nitrogens with one attached hydrogen (secondary N) is 2. The second-order valence-electron chi connectivity index (χ2n) is 5.87. The fourth-order valence-corrected chi connectivity index (χ4v) is 3.53. The highest BCUT2D eigenvalue weighted by atomic mass is 16.6. The van der Waals surface area contributed by atoms with Gasteiger partial charge in [-0.25, -0.2) is 4.79 Å². The van der Waals surface area contributed by atoms with Crippen LogP contribution in [0, 0.1) is 11.8 Å². The van der Waals surface area contributed by atoms with Gasteiger partial charge in [-0.1, -0.05) is 0 Å². The maximum atomic E-state index is 10.9. The predicted molar refractivity (Wildman–Crippen MR) is 65.6 cm³/mol. The highest BCUT2D eigenvalue weighted by molar-refractivity contribution is 5.65. The maximum Gasteiger partial charge on any atom is 0.405 e.